The second-order valence-corrected chi connectivity index (χ2v) is 8.44. The van der Waals surface area contributed by atoms with Gasteiger partial charge in [-0.3, -0.25) is 4.90 Å². The maximum absolute atomic E-state index is 11.5. The number of likely N-dealkylation sites (tertiary alicyclic amines) is 1. The summed E-state index contributed by atoms with van der Waals surface area (Å²) >= 11 is 0. The molecule has 0 saturated carbocycles. The van der Waals surface area contributed by atoms with E-state index >= 15 is 0 Å². The molecule has 1 amide bonds. The van der Waals surface area contributed by atoms with Crippen molar-refractivity contribution < 1.29 is 9.90 Å². The van der Waals surface area contributed by atoms with Crippen molar-refractivity contribution in [2.75, 3.05) is 19.6 Å². The van der Waals surface area contributed by atoms with E-state index in [9.17, 15) is 9.90 Å². The summed E-state index contributed by atoms with van der Waals surface area (Å²) in [5.41, 5.74) is 2.26. The molecule has 2 aromatic rings. The van der Waals surface area contributed by atoms with E-state index < -0.39 is 6.09 Å². The number of carboxylic acid groups (broad SMARTS) is 1. The number of nitrogens with zero attached hydrogens (tertiary/aromatic N) is 2. The highest BCUT2D eigenvalue weighted by Gasteiger charge is 2.35. The predicted octanol–water partition coefficient (Wildman–Crippen LogP) is 4.88. The second kappa shape index (κ2) is 8.13. The van der Waals surface area contributed by atoms with Crippen LogP contribution in [0, 0.1) is 5.92 Å². The van der Waals surface area contributed by atoms with E-state index in [0.29, 0.717) is 12.5 Å². The maximum atomic E-state index is 11.5. The van der Waals surface area contributed by atoms with Crippen LogP contribution in [-0.4, -0.2) is 46.2 Å². The molecule has 1 fully saturated rings. The predicted molar refractivity (Wildman–Crippen MR) is 109 cm³/mol. The fraction of sp³-hybridized carbons (Fsp3) is 0.435. The van der Waals surface area contributed by atoms with Gasteiger partial charge in [0.15, 0.2) is 0 Å². The Morgan fingerprint density at radius 3 is 1.93 bits per heavy atom. The third-order valence-electron chi connectivity index (χ3n) is 5.38. The fourth-order valence-electron chi connectivity index (χ4n) is 3.92. The summed E-state index contributed by atoms with van der Waals surface area (Å²) in [5.74, 6) is 0.545. The first-order valence-electron chi connectivity index (χ1n) is 9.71. The van der Waals surface area contributed by atoms with Crippen molar-refractivity contribution in [2.45, 2.75) is 38.8 Å². The van der Waals surface area contributed by atoms with Crippen molar-refractivity contribution in [2.24, 2.45) is 5.92 Å². The molecule has 0 spiro atoms. The summed E-state index contributed by atoms with van der Waals surface area (Å²) in [6.07, 6.45) is 0.0845. The molecule has 0 unspecified atom stereocenters. The second-order valence-electron chi connectivity index (χ2n) is 8.44. The molecular formula is C23H30N2O2. The highest BCUT2D eigenvalue weighted by Crippen LogP contribution is 2.35. The lowest BCUT2D eigenvalue weighted by Crippen LogP contribution is -2.51. The van der Waals surface area contributed by atoms with Crippen LogP contribution in [0.5, 0.6) is 0 Å². The first-order valence-corrected chi connectivity index (χ1v) is 9.71. The molecule has 4 nitrogen and oxygen atoms in total. The maximum Gasteiger partial charge on any atom is 0.407 e. The van der Waals surface area contributed by atoms with Crippen LogP contribution < -0.4 is 0 Å². The monoisotopic (exact) mass is 366 g/mol. The number of rotatable bonds is 6. The van der Waals surface area contributed by atoms with Crippen LogP contribution in [0.4, 0.5) is 4.79 Å². The Morgan fingerprint density at radius 2 is 1.52 bits per heavy atom. The topological polar surface area (TPSA) is 43.8 Å². The van der Waals surface area contributed by atoms with Gasteiger partial charge >= 0.3 is 6.09 Å². The Hall–Kier alpha value is -2.33. The molecule has 0 aromatic heterocycles. The van der Waals surface area contributed by atoms with Gasteiger partial charge in [-0.25, -0.2) is 4.79 Å². The number of hydrogen-bond acceptors (Lipinski definition) is 2. The molecule has 1 N–H and O–H groups in total. The van der Waals surface area contributed by atoms with Crippen molar-refractivity contribution in [3.8, 4) is 0 Å². The van der Waals surface area contributed by atoms with Gasteiger partial charge in [0.25, 0.3) is 0 Å². The van der Waals surface area contributed by atoms with Gasteiger partial charge in [-0.1, -0.05) is 60.7 Å². The van der Waals surface area contributed by atoms with Crippen LogP contribution in [-0.2, 0) is 0 Å². The third-order valence-corrected chi connectivity index (χ3v) is 5.38. The van der Waals surface area contributed by atoms with Crippen molar-refractivity contribution in [1.82, 2.24) is 9.80 Å². The van der Waals surface area contributed by atoms with Crippen LogP contribution in [0.1, 0.15) is 44.4 Å². The van der Waals surface area contributed by atoms with Gasteiger partial charge in [0.1, 0.15) is 0 Å². The Bertz CT molecular complexity index is 694. The Morgan fingerprint density at radius 1 is 1.04 bits per heavy atom. The molecule has 27 heavy (non-hydrogen) atoms. The minimum absolute atomic E-state index is 0.266. The van der Waals surface area contributed by atoms with Crippen LogP contribution >= 0.6 is 0 Å². The molecule has 0 atom stereocenters. The lowest BCUT2D eigenvalue weighted by molar-refractivity contribution is 0.0452. The standard InChI is InChI=1S/C23H30N2O2/c1-23(2,3)25(22(26)27)15-14-18-16-24(17-18)21(19-10-6-4-7-11-19)20-12-8-5-9-13-20/h4-13,18,21H,14-17H2,1-3H3,(H,26,27). The summed E-state index contributed by atoms with van der Waals surface area (Å²) in [4.78, 5) is 15.6. The lowest BCUT2D eigenvalue weighted by atomic mass is 9.88. The highest BCUT2D eigenvalue weighted by atomic mass is 16.4. The zero-order valence-corrected chi connectivity index (χ0v) is 16.5. The Labute approximate surface area is 162 Å². The van der Waals surface area contributed by atoms with E-state index in [-0.39, 0.29) is 11.6 Å². The molecule has 2 aromatic carbocycles. The molecule has 1 saturated heterocycles. The SMILES string of the molecule is CC(C)(C)N(CCC1CN(C(c2ccccc2)c2ccccc2)C1)C(=O)O. The molecular weight excluding hydrogens is 336 g/mol. The van der Waals surface area contributed by atoms with Crippen molar-refractivity contribution in [3.63, 3.8) is 0 Å². The first kappa shape index (κ1) is 19.4. The quantitative estimate of drug-likeness (QED) is 0.793. The summed E-state index contributed by atoms with van der Waals surface area (Å²) in [5, 5.41) is 9.47. The minimum atomic E-state index is -0.829. The van der Waals surface area contributed by atoms with E-state index in [2.05, 4.69) is 65.6 Å². The molecule has 1 aliphatic heterocycles. The van der Waals surface area contributed by atoms with Gasteiger partial charge in [-0.05, 0) is 44.2 Å². The van der Waals surface area contributed by atoms with Crippen LogP contribution in [0.25, 0.3) is 0 Å². The van der Waals surface area contributed by atoms with Gasteiger partial charge in [-0.15, -0.1) is 0 Å². The van der Waals surface area contributed by atoms with Gasteiger partial charge in [-0.2, -0.15) is 0 Å². The van der Waals surface area contributed by atoms with Gasteiger partial charge in [0.2, 0.25) is 0 Å². The average Bonchev–Trinajstić information content (AvgIpc) is 2.59. The molecule has 3 rings (SSSR count). The Balaban J connectivity index is 1.64. The zero-order chi connectivity index (χ0) is 19.4. The number of benzene rings is 2. The molecule has 4 heteroatoms. The lowest BCUT2D eigenvalue weighted by Gasteiger charge is -2.46. The minimum Gasteiger partial charge on any atom is -0.465 e. The van der Waals surface area contributed by atoms with Gasteiger partial charge in [0, 0.05) is 25.2 Å². The number of hydrogen-bond donors (Lipinski definition) is 1. The molecule has 0 bridgehead atoms. The Kier molecular flexibility index (Phi) is 5.85. The van der Waals surface area contributed by atoms with Gasteiger partial charge in [0.05, 0.1) is 6.04 Å². The van der Waals surface area contributed by atoms with E-state index in [4.69, 9.17) is 0 Å². The zero-order valence-electron chi connectivity index (χ0n) is 16.5. The normalized spacial score (nSPS) is 15.6. The smallest absolute Gasteiger partial charge is 0.407 e. The van der Waals surface area contributed by atoms with E-state index in [1.54, 1.807) is 4.90 Å². The highest BCUT2D eigenvalue weighted by molar-refractivity contribution is 5.65. The van der Waals surface area contributed by atoms with Crippen LogP contribution in [0.3, 0.4) is 0 Å². The van der Waals surface area contributed by atoms with Crippen molar-refractivity contribution in [1.29, 1.82) is 0 Å². The summed E-state index contributed by atoms with van der Waals surface area (Å²) in [6, 6.07) is 21.5. The number of carbonyl (C=O) groups is 1. The average molecular weight is 367 g/mol. The van der Waals surface area contributed by atoms with Crippen molar-refractivity contribution >= 4 is 6.09 Å². The molecule has 0 aliphatic carbocycles. The molecule has 1 heterocycles. The number of amides is 1. The van der Waals surface area contributed by atoms with Gasteiger partial charge < -0.3 is 10.0 Å². The molecule has 1 aliphatic rings. The summed E-state index contributed by atoms with van der Waals surface area (Å²) in [7, 11) is 0. The first-order chi connectivity index (χ1) is 12.9. The van der Waals surface area contributed by atoms with Crippen molar-refractivity contribution in [3.05, 3.63) is 71.8 Å². The molecule has 144 valence electrons. The van der Waals surface area contributed by atoms with E-state index in [0.717, 1.165) is 19.5 Å². The van der Waals surface area contributed by atoms with Crippen LogP contribution in [0.2, 0.25) is 0 Å². The largest absolute Gasteiger partial charge is 0.465 e. The van der Waals surface area contributed by atoms with Crippen LogP contribution in [0.15, 0.2) is 60.7 Å². The van der Waals surface area contributed by atoms with E-state index in [1.165, 1.54) is 11.1 Å². The summed E-state index contributed by atoms with van der Waals surface area (Å²) in [6.45, 7) is 8.47. The third kappa shape index (κ3) is 4.69. The van der Waals surface area contributed by atoms with E-state index in [1.807, 2.05) is 20.8 Å². The fourth-order valence-corrected chi connectivity index (χ4v) is 3.92. The summed E-state index contributed by atoms with van der Waals surface area (Å²) < 4.78 is 0. The molecule has 0 radical (unpaired) electrons.